The van der Waals surface area contributed by atoms with Gasteiger partial charge < -0.3 is 0 Å². The van der Waals surface area contributed by atoms with Gasteiger partial charge >= 0.3 is 0 Å². The minimum Gasteiger partial charge on any atom is -0.256 e. The van der Waals surface area contributed by atoms with Crippen LogP contribution in [0, 0.1) is 0 Å². The summed E-state index contributed by atoms with van der Waals surface area (Å²) < 4.78 is 0. The summed E-state index contributed by atoms with van der Waals surface area (Å²) in [6, 6.07) is 19.5. The van der Waals surface area contributed by atoms with E-state index in [-0.39, 0.29) is 0 Å². The highest BCUT2D eigenvalue weighted by atomic mass is 35.5. The Balaban J connectivity index is 1.91. The molecule has 3 heteroatoms. The molecule has 1 nitrogen and oxygen atoms in total. The summed E-state index contributed by atoms with van der Waals surface area (Å²) in [7, 11) is 0. The van der Waals surface area contributed by atoms with Gasteiger partial charge in [0.25, 0.3) is 0 Å². The third kappa shape index (κ3) is 2.84. The Bertz CT molecular complexity index is 637. The summed E-state index contributed by atoms with van der Waals surface area (Å²) >= 11 is 11.8. The van der Waals surface area contributed by atoms with E-state index in [9.17, 15) is 0 Å². The van der Waals surface area contributed by atoms with Crippen molar-refractivity contribution in [2.45, 2.75) is 0 Å². The minimum absolute atomic E-state index is 0.728. The molecule has 1 aromatic heterocycles. The topological polar surface area (TPSA) is 12.9 Å². The van der Waals surface area contributed by atoms with Crippen molar-refractivity contribution >= 4 is 23.2 Å². The first-order valence-corrected chi connectivity index (χ1v) is 6.96. The number of nitrogens with zero attached hydrogens (tertiary/aromatic N) is 1. The number of aromatic nitrogens is 1. The first-order chi connectivity index (χ1) is 9.72. The quantitative estimate of drug-likeness (QED) is 0.589. The maximum Gasteiger partial charge on any atom is 0.0702 e. The predicted molar refractivity (Wildman–Crippen MR) is 85.1 cm³/mol. The van der Waals surface area contributed by atoms with Crippen LogP contribution >= 0.6 is 23.2 Å². The second kappa shape index (κ2) is 5.66. The fraction of sp³-hybridized carbons (Fsp3) is 0. The lowest BCUT2D eigenvalue weighted by atomic mass is 10.1. The Labute approximate surface area is 127 Å². The van der Waals surface area contributed by atoms with E-state index in [1.165, 1.54) is 0 Å². The van der Waals surface area contributed by atoms with Crippen LogP contribution < -0.4 is 0 Å². The fourth-order valence-corrected chi connectivity index (χ4v) is 2.25. The van der Waals surface area contributed by atoms with E-state index in [0.717, 1.165) is 32.4 Å². The van der Waals surface area contributed by atoms with Gasteiger partial charge in [0, 0.05) is 27.4 Å². The van der Waals surface area contributed by atoms with Crippen LogP contribution in [0.15, 0.2) is 66.9 Å². The predicted octanol–water partition coefficient (Wildman–Crippen LogP) is 5.72. The van der Waals surface area contributed by atoms with Gasteiger partial charge in [0.05, 0.1) is 5.69 Å². The van der Waals surface area contributed by atoms with Gasteiger partial charge in [0.2, 0.25) is 0 Å². The summed E-state index contributed by atoms with van der Waals surface area (Å²) in [4.78, 5) is 4.50. The van der Waals surface area contributed by atoms with Crippen LogP contribution in [0.5, 0.6) is 0 Å². The maximum absolute atomic E-state index is 5.89. The average molecular weight is 300 g/mol. The first kappa shape index (κ1) is 13.2. The van der Waals surface area contributed by atoms with Gasteiger partial charge in [-0.1, -0.05) is 53.5 Å². The van der Waals surface area contributed by atoms with Gasteiger partial charge in [0.15, 0.2) is 0 Å². The molecule has 0 N–H and O–H groups in total. The van der Waals surface area contributed by atoms with Crippen molar-refractivity contribution in [3.63, 3.8) is 0 Å². The Morgan fingerprint density at radius 2 is 1.05 bits per heavy atom. The highest BCUT2D eigenvalue weighted by Crippen LogP contribution is 2.24. The number of hydrogen-bond donors (Lipinski definition) is 0. The smallest absolute Gasteiger partial charge is 0.0702 e. The Morgan fingerprint density at radius 3 is 1.55 bits per heavy atom. The van der Waals surface area contributed by atoms with E-state index in [4.69, 9.17) is 23.2 Å². The van der Waals surface area contributed by atoms with Gasteiger partial charge in [-0.05, 0) is 35.9 Å². The lowest BCUT2D eigenvalue weighted by molar-refractivity contribution is 1.32. The van der Waals surface area contributed by atoms with Crippen molar-refractivity contribution in [3.05, 3.63) is 76.9 Å². The Hall–Kier alpha value is -1.83. The minimum atomic E-state index is 0.728. The van der Waals surface area contributed by atoms with Crippen LogP contribution in [-0.4, -0.2) is 4.98 Å². The highest BCUT2D eigenvalue weighted by Gasteiger charge is 2.02. The lowest BCUT2D eigenvalue weighted by Crippen LogP contribution is -1.85. The molecule has 0 atom stereocenters. The number of rotatable bonds is 2. The third-order valence-electron chi connectivity index (χ3n) is 3.08. The Kier molecular flexibility index (Phi) is 3.72. The summed E-state index contributed by atoms with van der Waals surface area (Å²) in [5.41, 5.74) is 4.15. The molecule has 0 aliphatic carbocycles. The van der Waals surface area contributed by atoms with Gasteiger partial charge in [0.1, 0.15) is 0 Å². The molecule has 20 heavy (non-hydrogen) atoms. The van der Waals surface area contributed by atoms with Crippen molar-refractivity contribution in [3.8, 4) is 22.4 Å². The normalized spacial score (nSPS) is 10.5. The van der Waals surface area contributed by atoms with Crippen LogP contribution in [0.3, 0.4) is 0 Å². The zero-order chi connectivity index (χ0) is 13.9. The SMILES string of the molecule is Clc1ccc(-c2ccc(-c3ccc(Cl)cc3)nc2)cc1. The second-order valence-corrected chi connectivity index (χ2v) is 5.32. The molecule has 0 spiro atoms. The molecular formula is C17H11Cl2N. The summed E-state index contributed by atoms with van der Waals surface area (Å²) in [6.45, 7) is 0. The largest absolute Gasteiger partial charge is 0.256 e. The molecule has 98 valence electrons. The molecule has 3 rings (SSSR count). The van der Waals surface area contributed by atoms with E-state index in [2.05, 4.69) is 11.1 Å². The maximum atomic E-state index is 5.89. The standard InChI is InChI=1S/C17H11Cl2N/c18-15-6-1-12(2-7-15)14-5-10-17(20-11-14)13-3-8-16(19)9-4-13/h1-11H. The van der Waals surface area contributed by atoms with Gasteiger partial charge in [-0.25, -0.2) is 0 Å². The van der Waals surface area contributed by atoms with Crippen LogP contribution in [0.2, 0.25) is 10.0 Å². The molecule has 0 fully saturated rings. The number of halogens is 2. The molecule has 0 amide bonds. The van der Waals surface area contributed by atoms with E-state index in [0.29, 0.717) is 0 Å². The molecule has 0 aliphatic rings. The van der Waals surface area contributed by atoms with E-state index < -0.39 is 0 Å². The second-order valence-electron chi connectivity index (χ2n) is 4.45. The van der Waals surface area contributed by atoms with Crippen LogP contribution in [0.1, 0.15) is 0 Å². The van der Waals surface area contributed by atoms with Gasteiger partial charge in [-0.15, -0.1) is 0 Å². The summed E-state index contributed by atoms with van der Waals surface area (Å²) in [5, 5.41) is 1.46. The first-order valence-electron chi connectivity index (χ1n) is 6.20. The molecule has 0 aliphatic heterocycles. The molecule has 3 aromatic rings. The van der Waals surface area contributed by atoms with Gasteiger partial charge in [-0.3, -0.25) is 4.98 Å². The van der Waals surface area contributed by atoms with Crippen molar-refractivity contribution in [2.24, 2.45) is 0 Å². The zero-order valence-electron chi connectivity index (χ0n) is 10.6. The summed E-state index contributed by atoms with van der Waals surface area (Å²) in [6.07, 6.45) is 1.87. The molecule has 0 bridgehead atoms. The Morgan fingerprint density at radius 1 is 0.550 bits per heavy atom. The number of pyridine rings is 1. The monoisotopic (exact) mass is 299 g/mol. The van der Waals surface area contributed by atoms with Crippen LogP contribution in [-0.2, 0) is 0 Å². The molecule has 0 radical (unpaired) electrons. The fourth-order valence-electron chi connectivity index (χ4n) is 2.00. The average Bonchev–Trinajstić information content (AvgIpc) is 2.49. The third-order valence-corrected chi connectivity index (χ3v) is 3.58. The van der Waals surface area contributed by atoms with E-state index in [1.54, 1.807) is 0 Å². The zero-order valence-corrected chi connectivity index (χ0v) is 12.1. The molecule has 0 saturated heterocycles. The number of benzene rings is 2. The van der Waals surface area contributed by atoms with Crippen molar-refractivity contribution in [2.75, 3.05) is 0 Å². The van der Waals surface area contributed by atoms with Crippen molar-refractivity contribution in [1.29, 1.82) is 0 Å². The summed E-state index contributed by atoms with van der Waals surface area (Å²) in [5.74, 6) is 0. The van der Waals surface area contributed by atoms with Crippen LogP contribution in [0.4, 0.5) is 0 Å². The lowest BCUT2D eigenvalue weighted by Gasteiger charge is -2.04. The molecule has 1 heterocycles. The molecular weight excluding hydrogens is 289 g/mol. The molecule has 0 unspecified atom stereocenters. The molecule has 2 aromatic carbocycles. The van der Waals surface area contributed by atoms with Crippen molar-refractivity contribution in [1.82, 2.24) is 4.98 Å². The van der Waals surface area contributed by atoms with E-state index in [1.807, 2.05) is 60.8 Å². The van der Waals surface area contributed by atoms with Gasteiger partial charge in [-0.2, -0.15) is 0 Å². The van der Waals surface area contributed by atoms with E-state index >= 15 is 0 Å². The van der Waals surface area contributed by atoms with Crippen molar-refractivity contribution < 1.29 is 0 Å². The number of hydrogen-bond acceptors (Lipinski definition) is 1. The van der Waals surface area contributed by atoms with Crippen LogP contribution in [0.25, 0.3) is 22.4 Å². The highest BCUT2D eigenvalue weighted by molar-refractivity contribution is 6.30. The molecule has 0 saturated carbocycles.